The maximum absolute atomic E-state index is 11.9. The lowest BCUT2D eigenvalue weighted by molar-refractivity contribution is 0.0950. The number of rotatable bonds is 4. The van der Waals surface area contributed by atoms with Crippen LogP contribution in [0.3, 0.4) is 0 Å². The highest BCUT2D eigenvalue weighted by Crippen LogP contribution is 2.15. The van der Waals surface area contributed by atoms with Crippen molar-refractivity contribution in [2.45, 2.75) is 20.4 Å². The van der Waals surface area contributed by atoms with Gasteiger partial charge in [-0.25, -0.2) is 0 Å². The molecule has 0 atom stereocenters. The Morgan fingerprint density at radius 2 is 2.11 bits per heavy atom. The zero-order chi connectivity index (χ0) is 13.8. The van der Waals surface area contributed by atoms with Crippen molar-refractivity contribution in [3.8, 4) is 0 Å². The first-order valence-corrected chi connectivity index (χ1v) is 6.59. The number of nitrogens with one attached hydrogen (secondary N) is 1. The highest BCUT2D eigenvalue weighted by atomic mass is 32.1. The fourth-order valence-electron chi connectivity index (χ4n) is 1.42. The topological polar surface area (TPSA) is 72.0 Å². The third kappa shape index (κ3) is 3.45. The number of nitrogens with zero attached hydrogens (tertiary/aromatic N) is 2. The van der Waals surface area contributed by atoms with Gasteiger partial charge in [-0.05, 0) is 19.9 Å². The lowest BCUT2D eigenvalue weighted by Crippen LogP contribution is -2.22. The van der Waals surface area contributed by atoms with Gasteiger partial charge in [0.2, 0.25) is 0 Å². The van der Waals surface area contributed by atoms with Gasteiger partial charge in [0.15, 0.2) is 5.78 Å². The van der Waals surface area contributed by atoms with Crippen LogP contribution in [0.1, 0.15) is 38.3 Å². The predicted octanol–water partition coefficient (Wildman–Crippen LogP) is 1.98. The molecule has 0 bridgehead atoms. The molecule has 0 aromatic carbocycles. The van der Waals surface area contributed by atoms with Crippen LogP contribution in [0.5, 0.6) is 0 Å². The molecule has 5 nitrogen and oxygen atoms in total. The van der Waals surface area contributed by atoms with E-state index in [1.807, 2.05) is 6.92 Å². The lowest BCUT2D eigenvalue weighted by atomic mass is 10.2. The van der Waals surface area contributed by atoms with Crippen molar-refractivity contribution in [3.63, 3.8) is 0 Å². The first kappa shape index (κ1) is 13.4. The van der Waals surface area contributed by atoms with Crippen LogP contribution >= 0.6 is 11.3 Å². The summed E-state index contributed by atoms with van der Waals surface area (Å²) in [4.78, 5) is 31.8. The van der Waals surface area contributed by atoms with Crippen LogP contribution in [-0.4, -0.2) is 21.7 Å². The van der Waals surface area contributed by atoms with Gasteiger partial charge in [0.25, 0.3) is 5.91 Å². The normalized spacial score (nSPS) is 10.2. The van der Waals surface area contributed by atoms with Crippen molar-refractivity contribution in [1.82, 2.24) is 15.3 Å². The Morgan fingerprint density at radius 3 is 2.68 bits per heavy atom. The highest BCUT2D eigenvalue weighted by Gasteiger charge is 2.10. The molecule has 0 aliphatic carbocycles. The Balaban J connectivity index is 1.97. The second-order valence-corrected chi connectivity index (χ2v) is 5.00. The molecule has 0 saturated heterocycles. The summed E-state index contributed by atoms with van der Waals surface area (Å²) >= 11 is 1.27. The van der Waals surface area contributed by atoms with Crippen LogP contribution in [0.15, 0.2) is 23.8 Å². The zero-order valence-electron chi connectivity index (χ0n) is 10.6. The van der Waals surface area contributed by atoms with Crippen molar-refractivity contribution in [2.75, 3.05) is 0 Å². The third-order valence-electron chi connectivity index (χ3n) is 2.47. The second-order valence-electron chi connectivity index (χ2n) is 4.09. The number of Topliss-reactive ketones (excluding diaryl/α,β-unsaturated/α-hetero) is 1. The Labute approximate surface area is 114 Å². The summed E-state index contributed by atoms with van der Waals surface area (Å²) in [6.45, 7) is 3.65. The minimum Gasteiger partial charge on any atom is -0.346 e. The fourth-order valence-corrected chi connectivity index (χ4v) is 2.21. The Bertz CT molecular complexity index is 605. The number of amides is 1. The molecule has 2 aromatic rings. The molecule has 19 heavy (non-hydrogen) atoms. The highest BCUT2D eigenvalue weighted by molar-refractivity contribution is 7.12. The van der Waals surface area contributed by atoms with E-state index >= 15 is 0 Å². The minimum atomic E-state index is -0.217. The monoisotopic (exact) mass is 275 g/mol. The van der Waals surface area contributed by atoms with Crippen LogP contribution in [0.2, 0.25) is 0 Å². The van der Waals surface area contributed by atoms with Crippen LogP contribution in [-0.2, 0) is 6.54 Å². The number of aryl methyl sites for hydroxylation is 1. The number of carbonyl (C=O) groups is 2. The fraction of sp³-hybridized carbons (Fsp3) is 0.231. The summed E-state index contributed by atoms with van der Waals surface area (Å²) < 4.78 is 0. The van der Waals surface area contributed by atoms with Crippen LogP contribution < -0.4 is 5.32 Å². The van der Waals surface area contributed by atoms with E-state index in [0.29, 0.717) is 22.7 Å². The van der Waals surface area contributed by atoms with Gasteiger partial charge in [0, 0.05) is 11.6 Å². The van der Waals surface area contributed by atoms with Gasteiger partial charge in [0.1, 0.15) is 0 Å². The van der Waals surface area contributed by atoms with E-state index in [9.17, 15) is 9.59 Å². The maximum atomic E-state index is 11.9. The van der Waals surface area contributed by atoms with Crippen molar-refractivity contribution < 1.29 is 9.59 Å². The molecule has 2 heterocycles. The molecule has 0 radical (unpaired) electrons. The van der Waals surface area contributed by atoms with Crippen LogP contribution in [0, 0.1) is 6.92 Å². The molecular weight excluding hydrogens is 262 g/mol. The van der Waals surface area contributed by atoms with Gasteiger partial charge in [0.05, 0.1) is 34.6 Å². The number of ketones is 1. The van der Waals surface area contributed by atoms with Gasteiger partial charge >= 0.3 is 0 Å². The Morgan fingerprint density at radius 1 is 1.32 bits per heavy atom. The SMILES string of the molecule is CC(=O)c1cc(C(=O)NCc2cnc(C)cn2)cs1. The number of aromatic nitrogens is 2. The van der Waals surface area contributed by atoms with E-state index in [2.05, 4.69) is 15.3 Å². The Kier molecular flexibility index (Phi) is 4.01. The summed E-state index contributed by atoms with van der Waals surface area (Å²) in [5.74, 6) is -0.250. The molecular formula is C13H13N3O2S. The van der Waals surface area contributed by atoms with Gasteiger partial charge < -0.3 is 5.32 Å². The average molecular weight is 275 g/mol. The molecule has 0 fully saturated rings. The van der Waals surface area contributed by atoms with E-state index in [4.69, 9.17) is 0 Å². The van der Waals surface area contributed by atoms with Gasteiger partial charge in [-0.2, -0.15) is 0 Å². The van der Waals surface area contributed by atoms with E-state index < -0.39 is 0 Å². The van der Waals surface area contributed by atoms with Crippen molar-refractivity contribution in [3.05, 3.63) is 45.7 Å². The largest absolute Gasteiger partial charge is 0.346 e. The van der Waals surface area contributed by atoms with Crippen molar-refractivity contribution in [1.29, 1.82) is 0 Å². The second kappa shape index (κ2) is 5.71. The number of hydrogen-bond donors (Lipinski definition) is 1. The average Bonchev–Trinajstić information content (AvgIpc) is 2.87. The summed E-state index contributed by atoms with van der Waals surface area (Å²) in [7, 11) is 0. The van der Waals surface area contributed by atoms with Crippen molar-refractivity contribution >= 4 is 23.0 Å². The molecule has 0 unspecified atom stereocenters. The first-order chi connectivity index (χ1) is 9.06. The van der Waals surface area contributed by atoms with E-state index in [1.165, 1.54) is 18.3 Å². The van der Waals surface area contributed by atoms with Gasteiger partial charge in [-0.3, -0.25) is 19.6 Å². The number of hydrogen-bond acceptors (Lipinski definition) is 5. The summed E-state index contributed by atoms with van der Waals surface area (Å²) in [6.07, 6.45) is 3.28. The number of thiophene rings is 1. The molecule has 1 N–H and O–H groups in total. The zero-order valence-corrected chi connectivity index (χ0v) is 11.5. The van der Waals surface area contributed by atoms with Crippen LogP contribution in [0.4, 0.5) is 0 Å². The maximum Gasteiger partial charge on any atom is 0.252 e. The van der Waals surface area contributed by atoms with E-state index in [1.54, 1.807) is 23.8 Å². The molecule has 0 aliphatic heterocycles. The lowest BCUT2D eigenvalue weighted by Gasteiger charge is -2.03. The smallest absolute Gasteiger partial charge is 0.252 e. The summed E-state index contributed by atoms with van der Waals surface area (Å²) in [5, 5.41) is 4.41. The molecule has 1 amide bonds. The van der Waals surface area contributed by atoms with Gasteiger partial charge in [-0.1, -0.05) is 0 Å². The van der Waals surface area contributed by atoms with Gasteiger partial charge in [-0.15, -0.1) is 11.3 Å². The predicted molar refractivity (Wildman–Crippen MR) is 72.3 cm³/mol. The number of carbonyl (C=O) groups excluding carboxylic acids is 2. The molecule has 6 heteroatoms. The van der Waals surface area contributed by atoms with E-state index in [0.717, 1.165) is 5.69 Å². The standard InChI is InChI=1S/C13H13N3O2S/c1-8-4-15-11(5-14-8)6-16-13(18)10-3-12(9(2)17)19-7-10/h3-5,7H,6H2,1-2H3,(H,16,18). The van der Waals surface area contributed by atoms with E-state index in [-0.39, 0.29) is 11.7 Å². The molecule has 98 valence electrons. The molecule has 2 rings (SSSR count). The quantitative estimate of drug-likeness (QED) is 0.866. The summed E-state index contributed by atoms with van der Waals surface area (Å²) in [5.41, 5.74) is 2.02. The Hall–Kier alpha value is -2.08. The molecule has 2 aromatic heterocycles. The molecule has 0 spiro atoms. The van der Waals surface area contributed by atoms with Crippen molar-refractivity contribution in [2.24, 2.45) is 0 Å². The third-order valence-corrected chi connectivity index (χ3v) is 3.50. The van der Waals surface area contributed by atoms with Crippen LogP contribution in [0.25, 0.3) is 0 Å². The minimum absolute atomic E-state index is 0.0338. The first-order valence-electron chi connectivity index (χ1n) is 5.71. The molecule has 0 saturated carbocycles. The summed E-state index contributed by atoms with van der Waals surface area (Å²) in [6, 6.07) is 1.60. The molecule has 0 aliphatic rings.